The lowest BCUT2D eigenvalue weighted by atomic mass is 10.1. The molecule has 0 radical (unpaired) electrons. The summed E-state index contributed by atoms with van der Waals surface area (Å²) in [4.78, 5) is 14.5. The maximum absolute atomic E-state index is 6.43. The van der Waals surface area contributed by atoms with Crippen LogP contribution in [0.1, 0.15) is 0 Å². The molecule has 0 bridgehead atoms. The fourth-order valence-electron chi connectivity index (χ4n) is 11.1. The Hall–Kier alpha value is -10.4. The summed E-state index contributed by atoms with van der Waals surface area (Å²) in [7, 11) is 0. The molecule has 0 N–H and O–H groups in total. The normalized spacial score (nSPS) is 11.7. The number of rotatable bonds is 10. The van der Waals surface area contributed by atoms with Crippen molar-refractivity contribution in [2.75, 3.05) is 9.80 Å². The van der Waals surface area contributed by atoms with E-state index in [1.165, 1.54) is 21.5 Å². The van der Waals surface area contributed by atoms with Gasteiger partial charge in [-0.25, -0.2) is 9.97 Å². The summed E-state index contributed by atoms with van der Waals surface area (Å²) < 4.78 is 17.5. The Balaban J connectivity index is 0.718. The number of aromatic nitrogens is 4. The monoisotopic (exact) mass is 976 g/mol. The van der Waals surface area contributed by atoms with E-state index < -0.39 is 0 Å². The minimum absolute atomic E-state index is 0.532. The first-order valence-electron chi connectivity index (χ1n) is 25.5. The Morgan fingerprint density at radius 3 is 1.00 bits per heavy atom. The molecule has 0 amide bonds. The molecule has 11 aromatic carbocycles. The minimum Gasteiger partial charge on any atom is -0.436 e. The van der Waals surface area contributed by atoms with Gasteiger partial charge in [-0.1, -0.05) is 109 Å². The lowest BCUT2D eigenvalue weighted by Gasteiger charge is -2.25. The molecule has 0 aliphatic rings. The lowest BCUT2D eigenvalue weighted by Crippen LogP contribution is -2.09. The molecule has 15 aromatic rings. The fraction of sp³-hybridized carbons (Fsp3) is 0. The predicted molar refractivity (Wildman–Crippen MR) is 310 cm³/mol. The van der Waals surface area contributed by atoms with E-state index in [4.69, 9.17) is 18.8 Å². The summed E-state index contributed by atoms with van der Waals surface area (Å²) in [5.41, 5.74) is 17.6. The highest BCUT2D eigenvalue weighted by Gasteiger charge is 2.21. The number of hydrogen-bond donors (Lipinski definition) is 0. The average Bonchev–Trinajstić information content (AvgIpc) is 4.32. The molecule has 358 valence electrons. The summed E-state index contributed by atoms with van der Waals surface area (Å²) >= 11 is 0. The molecule has 8 nitrogen and oxygen atoms in total. The van der Waals surface area contributed by atoms with Crippen molar-refractivity contribution in [2.24, 2.45) is 0 Å². The molecular weight excluding hydrogens is 933 g/mol. The van der Waals surface area contributed by atoms with E-state index in [0.29, 0.717) is 34.0 Å². The van der Waals surface area contributed by atoms with Crippen molar-refractivity contribution >= 4 is 99.9 Å². The van der Waals surface area contributed by atoms with Crippen LogP contribution in [0.15, 0.2) is 276 Å². The van der Waals surface area contributed by atoms with Gasteiger partial charge >= 0.3 is 0 Å². The van der Waals surface area contributed by atoms with E-state index in [9.17, 15) is 0 Å². The first kappa shape index (κ1) is 43.2. The third-order valence-electron chi connectivity index (χ3n) is 14.5. The van der Waals surface area contributed by atoms with Gasteiger partial charge in [0.25, 0.3) is 0 Å². The highest BCUT2D eigenvalue weighted by atomic mass is 16.4. The number of nitrogens with zero attached hydrogens (tertiary/aromatic N) is 6. The molecule has 0 saturated heterocycles. The molecule has 0 saturated carbocycles. The van der Waals surface area contributed by atoms with Crippen LogP contribution in [0, 0.1) is 0 Å². The van der Waals surface area contributed by atoms with Gasteiger partial charge in [0.05, 0.1) is 22.1 Å². The molecule has 0 atom stereocenters. The second-order valence-corrected chi connectivity index (χ2v) is 19.0. The van der Waals surface area contributed by atoms with Gasteiger partial charge in [-0.3, -0.25) is 0 Å². The van der Waals surface area contributed by atoms with Gasteiger partial charge in [0.1, 0.15) is 11.0 Å². The number of anilines is 6. The van der Waals surface area contributed by atoms with Gasteiger partial charge in [-0.2, -0.15) is 0 Å². The molecule has 15 rings (SSSR count). The van der Waals surface area contributed by atoms with Crippen molar-refractivity contribution in [1.82, 2.24) is 19.1 Å². The highest BCUT2D eigenvalue weighted by Crippen LogP contribution is 2.42. The zero-order chi connectivity index (χ0) is 50.1. The van der Waals surface area contributed by atoms with Crippen LogP contribution >= 0.6 is 0 Å². The van der Waals surface area contributed by atoms with E-state index in [1.807, 2.05) is 12.1 Å². The molecule has 4 aromatic heterocycles. The van der Waals surface area contributed by atoms with Crippen LogP contribution in [0.5, 0.6) is 0 Å². The van der Waals surface area contributed by atoms with E-state index in [0.717, 1.165) is 78.7 Å². The smallest absolute Gasteiger partial charge is 0.227 e. The maximum atomic E-state index is 6.43. The summed E-state index contributed by atoms with van der Waals surface area (Å²) in [5, 5.41) is 4.72. The van der Waals surface area contributed by atoms with Gasteiger partial charge in [-0.05, 0) is 152 Å². The highest BCUT2D eigenvalue weighted by molar-refractivity contribution is 6.12. The van der Waals surface area contributed by atoms with Crippen molar-refractivity contribution in [1.29, 1.82) is 0 Å². The van der Waals surface area contributed by atoms with E-state index >= 15 is 0 Å². The SMILES string of the molecule is c1ccc(N(c2ccccc2)c2ccc3c(c2)c2ccccc2n3-c2ccc(-c3nc4cc5nc(-c6ccc(-n7c8ccccc8c8cc(N(c9ccccc9)c9ccccc9)ccc87)cc6)oc5cc4o3)cc2)cc1. The summed E-state index contributed by atoms with van der Waals surface area (Å²) in [5.74, 6) is 1.06. The van der Waals surface area contributed by atoms with Crippen molar-refractivity contribution in [3.63, 3.8) is 0 Å². The van der Waals surface area contributed by atoms with Gasteiger partial charge < -0.3 is 27.8 Å². The maximum Gasteiger partial charge on any atom is 0.227 e. The quantitative estimate of drug-likeness (QED) is 0.136. The van der Waals surface area contributed by atoms with E-state index in [1.54, 1.807) is 0 Å². The topological polar surface area (TPSA) is 68.4 Å². The Bertz CT molecular complexity index is 4200. The second-order valence-electron chi connectivity index (χ2n) is 19.0. The second kappa shape index (κ2) is 17.7. The van der Waals surface area contributed by atoms with Gasteiger partial charge in [0, 0.05) is 84.2 Å². The Morgan fingerprint density at radius 2 is 0.618 bits per heavy atom. The summed E-state index contributed by atoms with van der Waals surface area (Å²) in [6, 6.07) is 93.5. The molecule has 76 heavy (non-hydrogen) atoms. The predicted octanol–water partition coefficient (Wildman–Crippen LogP) is 18.4. The number of oxazole rings is 2. The number of fused-ring (bicyclic) bond motifs is 8. The van der Waals surface area contributed by atoms with E-state index in [-0.39, 0.29) is 0 Å². The Kier molecular flexibility index (Phi) is 10.0. The summed E-state index contributed by atoms with van der Waals surface area (Å²) in [6.07, 6.45) is 0. The molecule has 0 aliphatic heterocycles. The van der Waals surface area contributed by atoms with Gasteiger partial charge in [0.15, 0.2) is 11.2 Å². The lowest BCUT2D eigenvalue weighted by molar-refractivity contribution is 0.609. The van der Waals surface area contributed by atoms with Gasteiger partial charge in [0.2, 0.25) is 11.8 Å². The molecule has 0 fully saturated rings. The first-order valence-corrected chi connectivity index (χ1v) is 25.5. The number of para-hydroxylation sites is 6. The van der Waals surface area contributed by atoms with E-state index in [2.05, 4.69) is 274 Å². The van der Waals surface area contributed by atoms with Crippen LogP contribution in [-0.2, 0) is 0 Å². The van der Waals surface area contributed by atoms with Crippen molar-refractivity contribution in [3.8, 4) is 34.3 Å². The molecule has 0 unspecified atom stereocenters. The zero-order valence-electron chi connectivity index (χ0n) is 40.9. The van der Waals surface area contributed by atoms with Crippen LogP contribution in [0.3, 0.4) is 0 Å². The standard InChI is InChI=1S/C68H44N6O2/c1-5-17-47(18-6-1)71(48-19-7-2-8-20-48)53-37-39-63-57(41-53)55-25-13-15-27-61(55)73(63)51-33-29-45(30-34-51)67-69-59-43-60-66(44-65(59)75-67)76-68(70-60)46-31-35-52(36-32-46)74-62-28-16-14-26-56(62)58-42-54(38-40-64(58)74)72(49-21-9-3-10-22-49)50-23-11-4-12-24-50/h1-44H. The zero-order valence-corrected chi connectivity index (χ0v) is 40.9. The largest absolute Gasteiger partial charge is 0.436 e. The fourth-order valence-corrected chi connectivity index (χ4v) is 11.1. The van der Waals surface area contributed by atoms with Crippen molar-refractivity contribution in [3.05, 3.63) is 267 Å². The molecule has 4 heterocycles. The molecular formula is C68H44N6O2. The third kappa shape index (κ3) is 7.22. The number of hydrogen-bond acceptors (Lipinski definition) is 6. The van der Waals surface area contributed by atoms with Crippen molar-refractivity contribution in [2.45, 2.75) is 0 Å². The Labute approximate surface area is 436 Å². The minimum atomic E-state index is 0.532. The van der Waals surface area contributed by atoms with Crippen LogP contribution in [0.2, 0.25) is 0 Å². The molecule has 0 spiro atoms. The van der Waals surface area contributed by atoms with Crippen LogP contribution in [0.4, 0.5) is 34.1 Å². The van der Waals surface area contributed by atoms with Crippen LogP contribution in [-0.4, -0.2) is 19.1 Å². The van der Waals surface area contributed by atoms with Crippen molar-refractivity contribution < 1.29 is 8.83 Å². The van der Waals surface area contributed by atoms with Gasteiger partial charge in [-0.15, -0.1) is 0 Å². The third-order valence-corrected chi connectivity index (χ3v) is 14.5. The Morgan fingerprint density at radius 1 is 0.276 bits per heavy atom. The molecule has 8 heteroatoms. The summed E-state index contributed by atoms with van der Waals surface area (Å²) in [6.45, 7) is 0. The number of benzene rings is 11. The average molecular weight is 977 g/mol. The van der Waals surface area contributed by atoms with Crippen LogP contribution < -0.4 is 9.80 Å². The first-order chi connectivity index (χ1) is 37.7. The van der Waals surface area contributed by atoms with Crippen LogP contribution in [0.25, 0.3) is 100 Å². The molecule has 0 aliphatic carbocycles.